The van der Waals surface area contributed by atoms with Gasteiger partial charge in [0.25, 0.3) is 0 Å². The lowest BCUT2D eigenvalue weighted by Crippen LogP contribution is -2.32. The average molecular weight is 740 g/mol. The van der Waals surface area contributed by atoms with E-state index in [2.05, 4.69) is 158 Å². The Morgan fingerprint density at radius 3 is 1.64 bits per heavy atom. The van der Waals surface area contributed by atoms with Gasteiger partial charge in [0.15, 0.2) is 5.82 Å². The van der Waals surface area contributed by atoms with Crippen molar-refractivity contribution in [2.24, 2.45) is 0 Å². The number of hydrogen-bond donors (Lipinski definition) is 0. The minimum Gasteiger partial charge on any atom is -0.457 e. The molecule has 1 aliphatic heterocycles. The van der Waals surface area contributed by atoms with Crippen molar-refractivity contribution in [3.05, 3.63) is 228 Å². The third-order valence-corrected chi connectivity index (χ3v) is 11.6. The van der Waals surface area contributed by atoms with Gasteiger partial charge in [-0.15, -0.1) is 0 Å². The molecule has 11 rings (SSSR count). The molecule has 0 atom stereocenters. The van der Waals surface area contributed by atoms with Gasteiger partial charge in [0.2, 0.25) is 0 Å². The van der Waals surface area contributed by atoms with Crippen molar-refractivity contribution in [1.29, 1.82) is 5.26 Å². The normalized spacial score (nSPS) is 12.7. The van der Waals surface area contributed by atoms with E-state index in [1.54, 1.807) is 0 Å². The number of para-hydroxylation sites is 2. The van der Waals surface area contributed by atoms with E-state index in [0.29, 0.717) is 11.4 Å². The number of nitrogens with zero attached hydrogens (tertiary/aromatic N) is 3. The highest BCUT2D eigenvalue weighted by atomic mass is 16.5. The lowest BCUT2D eigenvalue weighted by Gasteiger charge is -2.39. The summed E-state index contributed by atoms with van der Waals surface area (Å²) in [6.07, 6.45) is 0. The Morgan fingerprint density at radius 2 is 0.948 bits per heavy atom. The topological polar surface area (TPSA) is 58.8 Å². The number of fused-ring (bicyclic) bond motifs is 9. The van der Waals surface area contributed by atoms with Crippen LogP contribution in [-0.2, 0) is 5.41 Å². The van der Waals surface area contributed by atoms with Crippen LogP contribution in [0.5, 0.6) is 11.5 Å². The minimum atomic E-state index is -0.638. The standard InChI is InChI=1S/C54H33N3O/c55-34-35-25-27-37(28-26-35)42-19-12-22-47-52(42)43-32-41(29-30-44(43)54(47)45-20-7-9-23-50(45)58-51-24-10-8-21-46(51)54)49-33-48(56-53(57-49)38-15-5-2-6-16-38)40-18-11-17-39(31-40)36-13-3-1-4-14-36/h1-33H. The summed E-state index contributed by atoms with van der Waals surface area (Å²) in [5.74, 6) is 2.36. The van der Waals surface area contributed by atoms with Crippen LogP contribution in [0, 0.1) is 11.3 Å². The van der Waals surface area contributed by atoms with Crippen LogP contribution in [0.25, 0.3) is 67.3 Å². The Kier molecular flexibility index (Phi) is 7.74. The van der Waals surface area contributed by atoms with Gasteiger partial charge in [0.05, 0.1) is 28.4 Å². The van der Waals surface area contributed by atoms with Crippen LogP contribution in [0.1, 0.15) is 27.8 Å². The summed E-state index contributed by atoms with van der Waals surface area (Å²) >= 11 is 0. The molecule has 0 unspecified atom stereocenters. The van der Waals surface area contributed by atoms with Gasteiger partial charge in [-0.3, -0.25) is 0 Å². The molecule has 0 fully saturated rings. The molecule has 1 aromatic heterocycles. The molecule has 0 amide bonds. The summed E-state index contributed by atoms with van der Waals surface area (Å²) in [6.45, 7) is 0. The first kappa shape index (κ1) is 33.5. The number of benzene rings is 8. The predicted molar refractivity (Wildman–Crippen MR) is 231 cm³/mol. The molecular weight excluding hydrogens is 707 g/mol. The van der Waals surface area contributed by atoms with Crippen molar-refractivity contribution >= 4 is 0 Å². The van der Waals surface area contributed by atoms with Crippen LogP contribution in [0.2, 0.25) is 0 Å². The van der Waals surface area contributed by atoms with Crippen molar-refractivity contribution in [2.45, 2.75) is 5.41 Å². The van der Waals surface area contributed by atoms with Crippen molar-refractivity contribution in [1.82, 2.24) is 9.97 Å². The van der Waals surface area contributed by atoms with E-state index in [9.17, 15) is 5.26 Å². The molecule has 0 N–H and O–H groups in total. The van der Waals surface area contributed by atoms with E-state index < -0.39 is 5.41 Å². The summed E-state index contributed by atoms with van der Waals surface area (Å²) in [6, 6.07) is 71.9. The second-order valence-electron chi connectivity index (χ2n) is 14.8. The summed E-state index contributed by atoms with van der Waals surface area (Å²) in [5.41, 5.74) is 15.9. The Bertz CT molecular complexity index is 3050. The number of hydrogen-bond acceptors (Lipinski definition) is 4. The SMILES string of the molecule is N#Cc1ccc(-c2cccc3c2-c2cc(-c4cc(-c5cccc(-c6ccccc6)c5)nc(-c5ccccc5)n4)ccc2C32c3ccccc3Oc3ccccc32)cc1. The highest BCUT2D eigenvalue weighted by Gasteiger charge is 2.51. The molecule has 8 aromatic carbocycles. The van der Waals surface area contributed by atoms with E-state index in [-0.39, 0.29) is 0 Å². The number of nitriles is 1. The zero-order chi connectivity index (χ0) is 38.6. The fourth-order valence-corrected chi connectivity index (χ4v) is 9.03. The molecule has 2 aliphatic rings. The van der Waals surface area contributed by atoms with Crippen LogP contribution in [0.15, 0.2) is 200 Å². The fourth-order valence-electron chi connectivity index (χ4n) is 9.03. The summed E-state index contributed by atoms with van der Waals surface area (Å²) in [4.78, 5) is 10.5. The van der Waals surface area contributed by atoms with Gasteiger partial charge in [-0.25, -0.2) is 9.97 Å². The molecular formula is C54H33N3O. The summed E-state index contributed by atoms with van der Waals surface area (Å²) in [5, 5.41) is 9.65. The van der Waals surface area contributed by atoms with E-state index in [4.69, 9.17) is 14.7 Å². The van der Waals surface area contributed by atoms with E-state index in [0.717, 1.165) is 84.1 Å². The van der Waals surface area contributed by atoms with Gasteiger partial charge < -0.3 is 4.74 Å². The van der Waals surface area contributed by atoms with Gasteiger partial charge in [0.1, 0.15) is 11.5 Å². The monoisotopic (exact) mass is 739 g/mol. The number of rotatable bonds is 5. The van der Waals surface area contributed by atoms with Gasteiger partial charge in [-0.05, 0) is 87.0 Å². The van der Waals surface area contributed by atoms with Gasteiger partial charge in [-0.2, -0.15) is 5.26 Å². The lowest BCUT2D eigenvalue weighted by molar-refractivity contribution is 0.436. The molecule has 0 saturated heterocycles. The largest absolute Gasteiger partial charge is 0.457 e. The molecule has 1 spiro atoms. The van der Waals surface area contributed by atoms with Crippen molar-refractivity contribution in [3.8, 4) is 84.9 Å². The van der Waals surface area contributed by atoms with Crippen LogP contribution in [0.4, 0.5) is 0 Å². The molecule has 4 nitrogen and oxygen atoms in total. The third kappa shape index (κ3) is 5.22. The summed E-state index contributed by atoms with van der Waals surface area (Å²) in [7, 11) is 0. The zero-order valence-corrected chi connectivity index (χ0v) is 31.3. The minimum absolute atomic E-state index is 0.630. The molecule has 2 heterocycles. The maximum absolute atomic E-state index is 9.65. The molecule has 0 bridgehead atoms. The summed E-state index contributed by atoms with van der Waals surface area (Å²) < 4.78 is 6.63. The van der Waals surface area contributed by atoms with Gasteiger partial charge in [0, 0.05) is 27.8 Å². The molecule has 9 aromatic rings. The molecule has 0 saturated carbocycles. The van der Waals surface area contributed by atoms with E-state index in [1.807, 2.05) is 48.5 Å². The molecule has 270 valence electrons. The maximum Gasteiger partial charge on any atom is 0.160 e. The Hall–Kier alpha value is -7.87. The zero-order valence-electron chi connectivity index (χ0n) is 31.3. The number of aromatic nitrogens is 2. The van der Waals surface area contributed by atoms with E-state index >= 15 is 0 Å². The lowest BCUT2D eigenvalue weighted by atomic mass is 9.66. The predicted octanol–water partition coefficient (Wildman–Crippen LogP) is 13.2. The Balaban J connectivity index is 1.17. The highest BCUT2D eigenvalue weighted by molar-refractivity contribution is 5.98. The molecule has 0 radical (unpaired) electrons. The maximum atomic E-state index is 9.65. The van der Waals surface area contributed by atoms with Crippen molar-refractivity contribution in [3.63, 3.8) is 0 Å². The second-order valence-corrected chi connectivity index (χ2v) is 14.8. The fraction of sp³-hybridized carbons (Fsp3) is 0.0185. The van der Waals surface area contributed by atoms with Gasteiger partial charge in [-0.1, -0.05) is 158 Å². The second kappa shape index (κ2) is 13.4. The first-order chi connectivity index (χ1) is 28.7. The van der Waals surface area contributed by atoms with E-state index in [1.165, 1.54) is 11.1 Å². The first-order valence-electron chi connectivity index (χ1n) is 19.5. The molecule has 4 heteroatoms. The molecule has 58 heavy (non-hydrogen) atoms. The van der Waals surface area contributed by atoms with Crippen molar-refractivity contribution < 1.29 is 4.74 Å². The van der Waals surface area contributed by atoms with Crippen LogP contribution >= 0.6 is 0 Å². The average Bonchev–Trinajstić information content (AvgIpc) is 3.59. The Morgan fingerprint density at radius 1 is 0.397 bits per heavy atom. The Labute approximate surface area is 337 Å². The van der Waals surface area contributed by atoms with Crippen LogP contribution in [0.3, 0.4) is 0 Å². The quantitative estimate of drug-likeness (QED) is 0.176. The van der Waals surface area contributed by atoms with Crippen LogP contribution < -0.4 is 4.74 Å². The van der Waals surface area contributed by atoms with Crippen molar-refractivity contribution in [2.75, 3.05) is 0 Å². The molecule has 1 aliphatic carbocycles. The van der Waals surface area contributed by atoms with Gasteiger partial charge >= 0.3 is 0 Å². The third-order valence-electron chi connectivity index (χ3n) is 11.6. The smallest absolute Gasteiger partial charge is 0.160 e. The van der Waals surface area contributed by atoms with Crippen LogP contribution in [-0.4, -0.2) is 9.97 Å². The number of ether oxygens (including phenoxy) is 1. The first-order valence-corrected chi connectivity index (χ1v) is 19.5. The highest BCUT2D eigenvalue weighted by Crippen LogP contribution is 2.63.